The van der Waals surface area contributed by atoms with E-state index in [0.29, 0.717) is 39.6 Å². The molecule has 31 heavy (non-hydrogen) atoms. The third-order valence-corrected chi connectivity index (χ3v) is 5.29. The van der Waals surface area contributed by atoms with Crippen molar-refractivity contribution in [3.05, 3.63) is 63.9 Å². The topological polar surface area (TPSA) is 90.5 Å². The summed E-state index contributed by atoms with van der Waals surface area (Å²) in [6.45, 7) is 5.39. The molecule has 0 saturated carbocycles. The third-order valence-electron chi connectivity index (χ3n) is 4.96. The minimum atomic E-state index is -1.18. The number of benzene rings is 1. The van der Waals surface area contributed by atoms with Gasteiger partial charge < -0.3 is 10.2 Å². The number of aromatic nitrogens is 2. The van der Waals surface area contributed by atoms with E-state index in [4.69, 9.17) is 11.6 Å². The van der Waals surface area contributed by atoms with Crippen LogP contribution in [0.4, 0.5) is 5.69 Å². The van der Waals surface area contributed by atoms with Crippen LogP contribution in [0.1, 0.15) is 45.8 Å². The van der Waals surface area contributed by atoms with Crippen LogP contribution in [-0.2, 0) is 6.54 Å². The zero-order chi connectivity index (χ0) is 22.9. The maximum absolute atomic E-state index is 13.1. The summed E-state index contributed by atoms with van der Waals surface area (Å²) >= 11 is 6.18. The maximum atomic E-state index is 13.1. The highest BCUT2D eigenvalue weighted by molar-refractivity contribution is 6.34. The second kappa shape index (κ2) is 8.50. The van der Waals surface area contributed by atoms with Crippen LogP contribution < -0.4 is 5.32 Å². The Balaban J connectivity index is 2.14. The molecule has 0 fully saturated rings. The number of carbonyl (C=O) groups excluding carboxylic acids is 2. The molecule has 2 aromatic heterocycles. The van der Waals surface area contributed by atoms with Gasteiger partial charge in [0.2, 0.25) is 0 Å². The summed E-state index contributed by atoms with van der Waals surface area (Å²) < 4.78 is 1.52. The average molecular weight is 438 g/mol. The molecular weight excluding hydrogens is 414 g/mol. The molecule has 0 bridgehead atoms. The quantitative estimate of drug-likeness (QED) is 0.579. The van der Waals surface area contributed by atoms with Crippen molar-refractivity contribution in [1.82, 2.24) is 14.5 Å². The van der Waals surface area contributed by atoms with Crippen molar-refractivity contribution in [2.75, 3.05) is 19.4 Å². The number of fused-ring (bicyclic) bond motifs is 1. The van der Waals surface area contributed by atoms with Crippen molar-refractivity contribution < 1.29 is 9.59 Å². The number of anilines is 1. The lowest BCUT2D eigenvalue weighted by atomic mass is 9.84. The molecule has 0 spiro atoms. The van der Waals surface area contributed by atoms with Gasteiger partial charge in [0, 0.05) is 18.3 Å². The van der Waals surface area contributed by atoms with Gasteiger partial charge in [0.1, 0.15) is 5.41 Å². The molecule has 7 nitrogen and oxygen atoms in total. The summed E-state index contributed by atoms with van der Waals surface area (Å²) in [5.41, 5.74) is 1.95. The lowest BCUT2D eigenvalue weighted by Gasteiger charge is -2.19. The standard InChI is InChI=1S/C23H24ClN5O2/c1-14-20(22(31)26-18-9-7-6-8-17(18)24)19-10-15(11-28(4)5)16(12-29(19)27-14)21(30)23(2,3)13-25/h6-10,12H,11H2,1-5H3,(H,26,31). The molecule has 3 rings (SSSR count). The van der Waals surface area contributed by atoms with E-state index in [-0.39, 0.29) is 11.7 Å². The number of aryl methyl sites for hydroxylation is 1. The zero-order valence-electron chi connectivity index (χ0n) is 18.2. The first-order valence-electron chi connectivity index (χ1n) is 9.73. The lowest BCUT2D eigenvalue weighted by Crippen LogP contribution is -2.25. The molecule has 1 amide bonds. The number of nitriles is 1. The molecule has 8 heteroatoms. The first-order chi connectivity index (χ1) is 14.5. The van der Waals surface area contributed by atoms with Gasteiger partial charge in [-0.05, 0) is 58.6 Å². The van der Waals surface area contributed by atoms with Crippen LogP contribution in [0.3, 0.4) is 0 Å². The second-order valence-electron chi connectivity index (χ2n) is 8.24. The van der Waals surface area contributed by atoms with Gasteiger partial charge in [-0.15, -0.1) is 0 Å². The van der Waals surface area contributed by atoms with E-state index in [0.717, 1.165) is 5.56 Å². The van der Waals surface area contributed by atoms with E-state index in [1.807, 2.05) is 19.0 Å². The summed E-state index contributed by atoms with van der Waals surface area (Å²) in [5, 5.41) is 17.1. The van der Waals surface area contributed by atoms with E-state index in [2.05, 4.69) is 16.5 Å². The van der Waals surface area contributed by atoms with Crippen LogP contribution >= 0.6 is 11.6 Å². The Kier molecular flexibility index (Phi) is 6.16. The largest absolute Gasteiger partial charge is 0.321 e. The van der Waals surface area contributed by atoms with Crippen LogP contribution in [0, 0.1) is 23.7 Å². The zero-order valence-corrected chi connectivity index (χ0v) is 18.9. The minimum absolute atomic E-state index is 0.288. The van der Waals surface area contributed by atoms with Gasteiger partial charge in [-0.1, -0.05) is 23.7 Å². The second-order valence-corrected chi connectivity index (χ2v) is 8.65. The molecule has 3 aromatic rings. The predicted molar refractivity (Wildman–Crippen MR) is 120 cm³/mol. The smallest absolute Gasteiger partial charge is 0.259 e. The van der Waals surface area contributed by atoms with Gasteiger partial charge in [-0.3, -0.25) is 9.59 Å². The minimum Gasteiger partial charge on any atom is -0.321 e. The van der Waals surface area contributed by atoms with Crippen LogP contribution in [0.5, 0.6) is 0 Å². The van der Waals surface area contributed by atoms with Crippen LogP contribution in [0.15, 0.2) is 36.5 Å². The first-order valence-corrected chi connectivity index (χ1v) is 10.1. The van der Waals surface area contributed by atoms with E-state index in [1.165, 1.54) is 4.52 Å². The fourth-order valence-electron chi connectivity index (χ4n) is 3.34. The van der Waals surface area contributed by atoms with Gasteiger partial charge >= 0.3 is 0 Å². The van der Waals surface area contributed by atoms with Crippen molar-refractivity contribution >= 4 is 34.5 Å². The molecule has 2 heterocycles. The number of nitrogens with zero attached hydrogens (tertiary/aromatic N) is 4. The van der Waals surface area contributed by atoms with Crippen LogP contribution in [-0.4, -0.2) is 40.3 Å². The van der Waals surface area contributed by atoms with Gasteiger partial charge in [0.25, 0.3) is 5.91 Å². The summed E-state index contributed by atoms with van der Waals surface area (Å²) in [7, 11) is 3.78. The third kappa shape index (κ3) is 4.46. The molecule has 0 saturated heterocycles. The molecule has 0 aliphatic carbocycles. The number of Topliss-reactive ketones (excluding diaryl/α,β-unsaturated/α-hetero) is 1. The highest BCUT2D eigenvalue weighted by Crippen LogP contribution is 2.28. The highest BCUT2D eigenvalue weighted by atomic mass is 35.5. The van der Waals surface area contributed by atoms with Crippen molar-refractivity contribution in [2.24, 2.45) is 5.41 Å². The van der Waals surface area contributed by atoms with Crippen LogP contribution in [0.2, 0.25) is 5.02 Å². The Morgan fingerprint density at radius 3 is 2.58 bits per heavy atom. The number of carbonyl (C=O) groups is 2. The van der Waals surface area contributed by atoms with E-state index in [1.54, 1.807) is 57.3 Å². The number of hydrogen-bond acceptors (Lipinski definition) is 5. The molecule has 0 aliphatic rings. The Labute approximate surface area is 186 Å². The number of amides is 1. The highest BCUT2D eigenvalue weighted by Gasteiger charge is 2.31. The number of nitrogens with one attached hydrogen (secondary N) is 1. The summed E-state index contributed by atoms with van der Waals surface area (Å²) in [6, 6.07) is 10.9. The van der Waals surface area contributed by atoms with Gasteiger partial charge in [-0.25, -0.2) is 4.52 Å². The molecular formula is C23H24ClN5O2. The Bertz CT molecular complexity index is 1220. The number of hydrogen-bond donors (Lipinski definition) is 1. The Morgan fingerprint density at radius 1 is 1.29 bits per heavy atom. The number of para-hydroxylation sites is 1. The van der Waals surface area contributed by atoms with Gasteiger partial charge in [-0.2, -0.15) is 10.4 Å². The molecule has 0 unspecified atom stereocenters. The molecule has 0 radical (unpaired) electrons. The van der Waals surface area contributed by atoms with E-state index in [9.17, 15) is 14.9 Å². The molecule has 0 aliphatic heterocycles. The predicted octanol–water partition coefficient (Wildman–Crippen LogP) is 4.34. The molecule has 1 aromatic carbocycles. The van der Waals surface area contributed by atoms with Gasteiger partial charge in [0.15, 0.2) is 5.78 Å². The average Bonchev–Trinajstić information content (AvgIpc) is 3.02. The van der Waals surface area contributed by atoms with Crippen molar-refractivity contribution in [1.29, 1.82) is 5.26 Å². The molecule has 160 valence electrons. The summed E-state index contributed by atoms with van der Waals surface area (Å²) in [6.07, 6.45) is 1.61. The summed E-state index contributed by atoms with van der Waals surface area (Å²) in [4.78, 5) is 28.1. The Morgan fingerprint density at radius 2 is 1.97 bits per heavy atom. The fourth-order valence-corrected chi connectivity index (χ4v) is 3.52. The lowest BCUT2D eigenvalue weighted by molar-refractivity contribution is 0.0889. The van der Waals surface area contributed by atoms with Crippen LogP contribution in [0.25, 0.3) is 5.52 Å². The normalized spacial score (nSPS) is 11.5. The number of ketones is 1. The number of pyridine rings is 1. The fraction of sp³-hybridized carbons (Fsp3) is 0.304. The van der Waals surface area contributed by atoms with Crippen molar-refractivity contribution in [3.8, 4) is 6.07 Å². The number of rotatable bonds is 6. The molecule has 1 N–H and O–H groups in total. The molecule has 0 atom stereocenters. The van der Waals surface area contributed by atoms with Crippen molar-refractivity contribution in [2.45, 2.75) is 27.3 Å². The van der Waals surface area contributed by atoms with Gasteiger partial charge in [0.05, 0.1) is 33.6 Å². The van der Waals surface area contributed by atoms with Crippen molar-refractivity contribution in [3.63, 3.8) is 0 Å². The first kappa shape index (κ1) is 22.5. The van der Waals surface area contributed by atoms with E-state index >= 15 is 0 Å². The Hall–Kier alpha value is -3.21. The SMILES string of the molecule is Cc1nn2cc(C(=O)C(C)(C)C#N)c(CN(C)C)cc2c1C(=O)Nc1ccccc1Cl. The number of halogens is 1. The monoisotopic (exact) mass is 437 g/mol. The summed E-state index contributed by atoms with van der Waals surface area (Å²) in [5.74, 6) is -0.628. The maximum Gasteiger partial charge on any atom is 0.259 e. The van der Waals surface area contributed by atoms with E-state index < -0.39 is 5.41 Å².